The van der Waals surface area contributed by atoms with Crippen molar-refractivity contribution in [2.24, 2.45) is 0 Å². The van der Waals surface area contributed by atoms with Gasteiger partial charge in [-0.15, -0.1) is 0 Å². The summed E-state index contributed by atoms with van der Waals surface area (Å²) < 4.78 is 5.19. The van der Waals surface area contributed by atoms with Crippen molar-refractivity contribution < 1.29 is 9.53 Å². The van der Waals surface area contributed by atoms with Crippen LogP contribution in [0, 0.1) is 11.3 Å². The van der Waals surface area contributed by atoms with Crippen LogP contribution in [0.3, 0.4) is 0 Å². The molecular weight excluding hydrogens is 218 g/mol. The zero-order chi connectivity index (χ0) is 12.5. The Morgan fingerprint density at radius 1 is 1.53 bits per heavy atom. The smallest absolute Gasteiger partial charge is 0.267 e. The van der Waals surface area contributed by atoms with Crippen molar-refractivity contribution in [1.29, 1.82) is 5.26 Å². The van der Waals surface area contributed by atoms with Crippen LogP contribution in [0.4, 0.5) is 0 Å². The number of ether oxygens (including phenoxy) is 1. The van der Waals surface area contributed by atoms with Crippen LogP contribution in [0.5, 0.6) is 0 Å². The molecule has 1 aliphatic heterocycles. The highest BCUT2D eigenvalue weighted by Gasteiger charge is 2.20. The maximum absolute atomic E-state index is 11.9. The predicted molar refractivity (Wildman–Crippen MR) is 64.0 cm³/mol. The third kappa shape index (κ3) is 4.45. The molecule has 5 heteroatoms. The van der Waals surface area contributed by atoms with E-state index in [0.29, 0.717) is 19.7 Å². The monoisotopic (exact) mass is 237 g/mol. The summed E-state index contributed by atoms with van der Waals surface area (Å²) in [5.41, 5.74) is 0.0861. The quantitative estimate of drug-likeness (QED) is 0.330. The Hall–Kier alpha value is -1.54. The van der Waals surface area contributed by atoms with E-state index in [1.165, 1.54) is 6.26 Å². The highest BCUT2D eigenvalue weighted by molar-refractivity contribution is 5.97. The molecule has 0 saturated carbocycles. The molecule has 1 heterocycles. The summed E-state index contributed by atoms with van der Waals surface area (Å²) in [4.78, 5) is 13.6. The van der Waals surface area contributed by atoms with Gasteiger partial charge in [0.05, 0.1) is 6.61 Å². The van der Waals surface area contributed by atoms with Gasteiger partial charge >= 0.3 is 0 Å². The number of rotatable bonds is 5. The summed E-state index contributed by atoms with van der Waals surface area (Å²) in [6.07, 6.45) is 3.25. The lowest BCUT2D eigenvalue weighted by Crippen LogP contribution is -2.46. The minimum absolute atomic E-state index is 0.0861. The van der Waals surface area contributed by atoms with Crippen molar-refractivity contribution in [3.05, 3.63) is 11.8 Å². The molecular formula is C12H19N3O2. The highest BCUT2D eigenvalue weighted by atomic mass is 16.5. The zero-order valence-electron chi connectivity index (χ0n) is 10.2. The lowest BCUT2D eigenvalue weighted by molar-refractivity contribution is -0.127. The Balaban J connectivity index is 2.48. The largest absolute Gasteiger partial charge is 0.500 e. The van der Waals surface area contributed by atoms with Crippen LogP contribution in [0.1, 0.15) is 19.8 Å². The van der Waals surface area contributed by atoms with E-state index in [4.69, 9.17) is 10.00 Å². The molecule has 1 saturated heterocycles. The summed E-state index contributed by atoms with van der Waals surface area (Å²) >= 11 is 0. The van der Waals surface area contributed by atoms with E-state index in [9.17, 15) is 4.79 Å². The molecule has 1 fully saturated rings. The first-order valence-corrected chi connectivity index (χ1v) is 6.01. The fraction of sp³-hybridized carbons (Fsp3) is 0.667. The number of hydrogen-bond acceptors (Lipinski definition) is 4. The lowest BCUT2D eigenvalue weighted by Gasteiger charge is -2.26. The Kier molecular flexibility index (Phi) is 6.12. The number of carbonyl (C=O) groups is 1. The van der Waals surface area contributed by atoms with Crippen LogP contribution < -0.4 is 5.32 Å². The second kappa shape index (κ2) is 7.69. The van der Waals surface area contributed by atoms with Gasteiger partial charge in [-0.25, -0.2) is 0 Å². The number of hydrogen-bond donors (Lipinski definition) is 1. The Morgan fingerprint density at radius 3 is 2.82 bits per heavy atom. The van der Waals surface area contributed by atoms with Crippen molar-refractivity contribution in [2.75, 3.05) is 32.8 Å². The molecule has 1 amide bonds. The molecule has 1 N–H and O–H groups in total. The summed E-state index contributed by atoms with van der Waals surface area (Å²) in [5, 5.41) is 12.1. The van der Waals surface area contributed by atoms with Crippen LogP contribution >= 0.6 is 0 Å². The average molecular weight is 237 g/mol. The van der Waals surface area contributed by atoms with Gasteiger partial charge in [0, 0.05) is 26.2 Å². The first-order chi connectivity index (χ1) is 8.29. The molecule has 94 valence electrons. The van der Waals surface area contributed by atoms with Gasteiger partial charge in [0.15, 0.2) is 5.57 Å². The van der Waals surface area contributed by atoms with Crippen molar-refractivity contribution in [3.63, 3.8) is 0 Å². The number of nitrogens with one attached hydrogen (secondary N) is 1. The van der Waals surface area contributed by atoms with Crippen LogP contribution in [-0.2, 0) is 9.53 Å². The average Bonchev–Trinajstić information content (AvgIpc) is 2.39. The number of unbranched alkanes of at least 4 members (excludes halogenated alkanes) is 1. The third-order valence-electron chi connectivity index (χ3n) is 2.57. The summed E-state index contributed by atoms with van der Waals surface area (Å²) in [6, 6.07) is 1.90. The van der Waals surface area contributed by atoms with Gasteiger partial charge in [0.25, 0.3) is 5.91 Å². The lowest BCUT2D eigenvalue weighted by atomic mass is 10.2. The van der Waals surface area contributed by atoms with Gasteiger partial charge in [-0.3, -0.25) is 4.79 Å². The van der Waals surface area contributed by atoms with Gasteiger partial charge in [0.2, 0.25) is 0 Å². The Morgan fingerprint density at radius 2 is 2.24 bits per heavy atom. The van der Waals surface area contributed by atoms with E-state index < -0.39 is 0 Å². The number of carbonyl (C=O) groups excluding carboxylic acids is 1. The topological polar surface area (TPSA) is 65.4 Å². The number of nitrogens with zero attached hydrogens (tertiary/aromatic N) is 2. The van der Waals surface area contributed by atoms with E-state index in [1.54, 1.807) is 4.90 Å². The molecule has 5 nitrogen and oxygen atoms in total. The minimum atomic E-state index is -0.231. The highest BCUT2D eigenvalue weighted by Crippen LogP contribution is 2.03. The first-order valence-electron chi connectivity index (χ1n) is 6.01. The van der Waals surface area contributed by atoms with Gasteiger partial charge in [-0.05, 0) is 6.42 Å². The molecule has 1 aliphatic rings. The molecule has 0 unspecified atom stereocenters. The second-order valence-corrected chi connectivity index (χ2v) is 3.91. The fourth-order valence-electron chi connectivity index (χ4n) is 1.53. The van der Waals surface area contributed by atoms with Crippen molar-refractivity contribution >= 4 is 5.91 Å². The molecule has 1 rings (SSSR count). The van der Waals surface area contributed by atoms with Gasteiger partial charge in [0.1, 0.15) is 12.3 Å². The van der Waals surface area contributed by atoms with Crippen LogP contribution in [0.2, 0.25) is 0 Å². The van der Waals surface area contributed by atoms with Crippen LogP contribution in [0.25, 0.3) is 0 Å². The Labute approximate surface area is 102 Å². The molecule has 0 atom stereocenters. The molecule has 0 aromatic heterocycles. The molecule has 17 heavy (non-hydrogen) atoms. The summed E-state index contributed by atoms with van der Waals surface area (Å²) in [7, 11) is 0. The van der Waals surface area contributed by atoms with Crippen molar-refractivity contribution in [1.82, 2.24) is 10.2 Å². The maximum atomic E-state index is 11.9. The first kappa shape index (κ1) is 13.5. The van der Waals surface area contributed by atoms with Gasteiger partial charge in [-0.1, -0.05) is 13.3 Å². The normalized spacial score (nSPS) is 16.5. The summed E-state index contributed by atoms with van der Waals surface area (Å²) in [5.74, 6) is -0.231. The molecule has 0 spiro atoms. The zero-order valence-corrected chi connectivity index (χ0v) is 10.2. The standard InChI is InChI=1S/C12H19N3O2/c1-2-3-8-17-10-11(9-13)12(16)15-6-4-14-5-7-15/h10,14H,2-8H2,1H3. The predicted octanol–water partition coefficient (Wildman–Crippen LogP) is 0.642. The molecule has 0 bridgehead atoms. The maximum Gasteiger partial charge on any atom is 0.267 e. The van der Waals surface area contributed by atoms with E-state index in [0.717, 1.165) is 25.9 Å². The van der Waals surface area contributed by atoms with Crippen molar-refractivity contribution in [2.45, 2.75) is 19.8 Å². The van der Waals surface area contributed by atoms with E-state index in [1.807, 2.05) is 6.07 Å². The fourth-order valence-corrected chi connectivity index (χ4v) is 1.53. The van der Waals surface area contributed by atoms with E-state index in [2.05, 4.69) is 12.2 Å². The number of amides is 1. The van der Waals surface area contributed by atoms with Crippen LogP contribution in [-0.4, -0.2) is 43.6 Å². The van der Waals surface area contributed by atoms with E-state index >= 15 is 0 Å². The molecule has 0 aliphatic carbocycles. The molecule has 0 aromatic rings. The second-order valence-electron chi connectivity index (χ2n) is 3.91. The Bertz CT molecular complexity index is 314. The molecule has 0 radical (unpaired) electrons. The SMILES string of the molecule is CCCCOC=C(C#N)C(=O)N1CCNCC1. The van der Waals surface area contributed by atoms with Gasteiger partial charge < -0.3 is 15.0 Å². The van der Waals surface area contributed by atoms with Gasteiger partial charge in [-0.2, -0.15) is 5.26 Å². The van der Waals surface area contributed by atoms with Crippen LogP contribution in [0.15, 0.2) is 11.8 Å². The molecule has 0 aromatic carbocycles. The third-order valence-corrected chi connectivity index (χ3v) is 2.57. The summed E-state index contributed by atoms with van der Waals surface area (Å²) in [6.45, 7) is 5.46. The number of piperazine rings is 1. The van der Waals surface area contributed by atoms with E-state index in [-0.39, 0.29) is 11.5 Å². The van der Waals surface area contributed by atoms with Crippen molar-refractivity contribution in [3.8, 4) is 6.07 Å². The minimum Gasteiger partial charge on any atom is -0.500 e. The number of nitriles is 1.